The van der Waals surface area contributed by atoms with Gasteiger partial charge in [0.25, 0.3) is 5.91 Å². The lowest BCUT2D eigenvalue weighted by molar-refractivity contribution is 0.0926. The van der Waals surface area contributed by atoms with Gasteiger partial charge in [0, 0.05) is 20.1 Å². The second kappa shape index (κ2) is 9.96. The van der Waals surface area contributed by atoms with E-state index in [1.54, 1.807) is 19.2 Å². The third kappa shape index (κ3) is 5.87. The molecule has 2 heterocycles. The normalized spacial score (nSPS) is 10.9. The first kappa shape index (κ1) is 20.0. The number of carbonyl (C=O) groups is 1. The molecule has 1 amide bonds. The number of aryl methyl sites for hydroxylation is 2. The minimum absolute atomic E-state index is 0. The van der Waals surface area contributed by atoms with Crippen LogP contribution in [0.5, 0.6) is 0 Å². The van der Waals surface area contributed by atoms with E-state index in [1.807, 2.05) is 13.8 Å². The van der Waals surface area contributed by atoms with Crippen LogP contribution < -0.4 is 16.0 Å². The zero-order valence-electron chi connectivity index (χ0n) is 13.9. The Hall–Kier alpha value is -2.04. The number of carbonyl (C=O) groups excluding carboxylic acids is 1. The molecule has 0 aliphatic rings. The first-order valence-corrected chi connectivity index (χ1v) is 7.29. The molecule has 0 aromatic carbocycles. The van der Waals surface area contributed by atoms with E-state index in [4.69, 9.17) is 8.83 Å². The van der Waals surface area contributed by atoms with E-state index in [9.17, 15) is 4.79 Å². The highest BCUT2D eigenvalue weighted by atomic mass is 127. The molecule has 2 rings (SSSR count). The van der Waals surface area contributed by atoms with Crippen molar-refractivity contribution in [1.29, 1.82) is 0 Å². The van der Waals surface area contributed by atoms with Crippen molar-refractivity contribution in [3.05, 3.63) is 41.5 Å². The number of amides is 1. The highest BCUT2D eigenvalue weighted by molar-refractivity contribution is 14.0. The molecule has 2 aromatic heterocycles. The predicted octanol–water partition coefficient (Wildman–Crippen LogP) is 1.60. The SMILES string of the molecule is CN=C(NCCNC(=O)c1ccco1)NCc1nc(C)c(C)o1.I. The van der Waals surface area contributed by atoms with Crippen LogP contribution in [-0.4, -0.2) is 37.0 Å². The van der Waals surface area contributed by atoms with Gasteiger partial charge in [0.05, 0.1) is 18.5 Å². The second-order valence-corrected chi connectivity index (χ2v) is 4.83. The van der Waals surface area contributed by atoms with Crippen molar-refractivity contribution in [2.24, 2.45) is 4.99 Å². The number of aromatic nitrogens is 1. The minimum atomic E-state index is -0.245. The van der Waals surface area contributed by atoms with Gasteiger partial charge in [-0.25, -0.2) is 4.98 Å². The number of nitrogens with zero attached hydrogens (tertiary/aromatic N) is 2. The molecular weight excluding hydrogens is 425 g/mol. The van der Waals surface area contributed by atoms with Crippen molar-refractivity contribution in [3.63, 3.8) is 0 Å². The van der Waals surface area contributed by atoms with Crippen LogP contribution in [0.4, 0.5) is 0 Å². The average molecular weight is 447 g/mol. The molecule has 0 saturated carbocycles. The third-order valence-electron chi connectivity index (χ3n) is 3.15. The maximum absolute atomic E-state index is 11.7. The summed E-state index contributed by atoms with van der Waals surface area (Å²) in [5.74, 6) is 2.07. The fourth-order valence-electron chi connectivity index (χ4n) is 1.85. The van der Waals surface area contributed by atoms with Crippen LogP contribution in [-0.2, 0) is 6.54 Å². The molecule has 2 aromatic rings. The molecule has 9 heteroatoms. The van der Waals surface area contributed by atoms with Crippen LogP contribution in [0.1, 0.15) is 27.9 Å². The van der Waals surface area contributed by atoms with Gasteiger partial charge >= 0.3 is 0 Å². The Morgan fingerprint density at radius 1 is 1.25 bits per heavy atom. The lowest BCUT2D eigenvalue weighted by Gasteiger charge is -2.10. The number of oxazole rings is 1. The molecular formula is C15H22IN5O3. The van der Waals surface area contributed by atoms with Gasteiger partial charge in [-0.05, 0) is 26.0 Å². The summed E-state index contributed by atoms with van der Waals surface area (Å²) in [5, 5.41) is 8.92. The molecule has 0 aliphatic heterocycles. The molecule has 0 saturated heterocycles. The standard InChI is InChI=1S/C15H21N5O3.HI/c1-10-11(2)23-13(20-10)9-19-15(16-3)18-7-6-17-14(21)12-5-4-8-22-12;/h4-5,8H,6-7,9H2,1-3H3,(H,17,21)(H2,16,18,19);1H. The van der Waals surface area contributed by atoms with E-state index < -0.39 is 0 Å². The van der Waals surface area contributed by atoms with E-state index in [-0.39, 0.29) is 29.9 Å². The largest absolute Gasteiger partial charge is 0.459 e. The fraction of sp³-hybridized carbons (Fsp3) is 0.400. The summed E-state index contributed by atoms with van der Waals surface area (Å²) >= 11 is 0. The van der Waals surface area contributed by atoms with E-state index in [0.29, 0.717) is 37.2 Å². The number of rotatable bonds is 6. The van der Waals surface area contributed by atoms with Gasteiger partial charge in [0.15, 0.2) is 11.7 Å². The van der Waals surface area contributed by atoms with E-state index >= 15 is 0 Å². The average Bonchev–Trinajstić information content (AvgIpc) is 3.17. The Labute approximate surface area is 157 Å². The summed E-state index contributed by atoms with van der Waals surface area (Å²) < 4.78 is 10.5. The van der Waals surface area contributed by atoms with Crippen molar-refractivity contribution < 1.29 is 13.6 Å². The predicted molar refractivity (Wildman–Crippen MR) is 101 cm³/mol. The number of nitrogens with one attached hydrogen (secondary N) is 3. The van der Waals surface area contributed by atoms with Crippen LogP contribution in [0.15, 0.2) is 32.2 Å². The maximum atomic E-state index is 11.7. The summed E-state index contributed by atoms with van der Waals surface area (Å²) in [5.41, 5.74) is 0.880. The molecule has 3 N–H and O–H groups in total. The number of furan rings is 1. The third-order valence-corrected chi connectivity index (χ3v) is 3.15. The zero-order valence-corrected chi connectivity index (χ0v) is 16.2. The van der Waals surface area contributed by atoms with E-state index in [1.165, 1.54) is 6.26 Å². The lowest BCUT2D eigenvalue weighted by atomic mass is 10.4. The number of hydrogen-bond donors (Lipinski definition) is 3. The van der Waals surface area contributed by atoms with Gasteiger partial charge < -0.3 is 24.8 Å². The van der Waals surface area contributed by atoms with Crippen LogP contribution >= 0.6 is 24.0 Å². The number of guanidine groups is 1. The second-order valence-electron chi connectivity index (χ2n) is 4.83. The van der Waals surface area contributed by atoms with Gasteiger partial charge in [0.2, 0.25) is 5.89 Å². The van der Waals surface area contributed by atoms with Crippen LogP contribution in [0.3, 0.4) is 0 Å². The molecule has 0 unspecified atom stereocenters. The Morgan fingerprint density at radius 2 is 2.00 bits per heavy atom. The highest BCUT2D eigenvalue weighted by Gasteiger charge is 2.08. The fourth-order valence-corrected chi connectivity index (χ4v) is 1.85. The lowest BCUT2D eigenvalue weighted by Crippen LogP contribution is -2.41. The summed E-state index contributed by atoms with van der Waals surface area (Å²) in [6.07, 6.45) is 1.46. The first-order chi connectivity index (χ1) is 11.1. The van der Waals surface area contributed by atoms with Crippen molar-refractivity contribution in [1.82, 2.24) is 20.9 Å². The Morgan fingerprint density at radius 3 is 2.58 bits per heavy atom. The molecule has 0 bridgehead atoms. The molecule has 132 valence electrons. The van der Waals surface area contributed by atoms with Gasteiger partial charge in [0.1, 0.15) is 5.76 Å². The molecule has 0 spiro atoms. The zero-order chi connectivity index (χ0) is 16.7. The minimum Gasteiger partial charge on any atom is -0.459 e. The molecule has 0 aliphatic carbocycles. The molecule has 0 radical (unpaired) electrons. The van der Waals surface area contributed by atoms with Crippen LogP contribution in [0, 0.1) is 13.8 Å². The molecule has 8 nitrogen and oxygen atoms in total. The Kier molecular flexibility index (Phi) is 8.30. The van der Waals surface area contributed by atoms with Crippen molar-refractivity contribution in [2.75, 3.05) is 20.1 Å². The quantitative estimate of drug-likeness (QED) is 0.269. The van der Waals surface area contributed by atoms with Gasteiger partial charge in [-0.3, -0.25) is 9.79 Å². The molecule has 24 heavy (non-hydrogen) atoms. The maximum Gasteiger partial charge on any atom is 0.287 e. The van der Waals surface area contributed by atoms with Gasteiger partial charge in [-0.15, -0.1) is 24.0 Å². The Bertz CT molecular complexity index is 647. The van der Waals surface area contributed by atoms with Gasteiger partial charge in [-0.2, -0.15) is 0 Å². The Balaban J connectivity index is 0.00000288. The van der Waals surface area contributed by atoms with Crippen molar-refractivity contribution in [3.8, 4) is 0 Å². The van der Waals surface area contributed by atoms with E-state index in [2.05, 4.69) is 25.9 Å². The first-order valence-electron chi connectivity index (χ1n) is 7.29. The molecule has 0 atom stereocenters. The summed E-state index contributed by atoms with van der Waals surface area (Å²) in [6.45, 7) is 5.18. The summed E-state index contributed by atoms with van der Waals surface area (Å²) in [4.78, 5) is 20.0. The number of halogens is 1. The van der Waals surface area contributed by atoms with Crippen LogP contribution in [0.2, 0.25) is 0 Å². The van der Waals surface area contributed by atoms with Crippen LogP contribution in [0.25, 0.3) is 0 Å². The highest BCUT2D eigenvalue weighted by Crippen LogP contribution is 2.07. The summed E-state index contributed by atoms with van der Waals surface area (Å²) in [7, 11) is 1.67. The van der Waals surface area contributed by atoms with Gasteiger partial charge in [-0.1, -0.05) is 0 Å². The smallest absolute Gasteiger partial charge is 0.287 e. The monoisotopic (exact) mass is 447 g/mol. The van der Waals surface area contributed by atoms with Crippen molar-refractivity contribution >= 4 is 35.8 Å². The number of aliphatic imine (C=N–C) groups is 1. The van der Waals surface area contributed by atoms with Crippen molar-refractivity contribution in [2.45, 2.75) is 20.4 Å². The topological polar surface area (TPSA) is 105 Å². The molecule has 0 fully saturated rings. The van der Waals surface area contributed by atoms with E-state index in [0.717, 1.165) is 11.5 Å². The number of hydrogen-bond acceptors (Lipinski definition) is 5. The summed E-state index contributed by atoms with van der Waals surface area (Å²) in [6, 6.07) is 3.29.